The van der Waals surface area contributed by atoms with Crippen LogP contribution >= 0.6 is 0 Å². The van der Waals surface area contributed by atoms with Crippen LogP contribution in [0.25, 0.3) is 0 Å². The van der Waals surface area contributed by atoms with Crippen molar-refractivity contribution in [3.8, 4) is 11.5 Å². The Hall–Kier alpha value is -2.56. The fourth-order valence-corrected chi connectivity index (χ4v) is 2.86. The molecule has 0 aromatic heterocycles. The zero-order valence-corrected chi connectivity index (χ0v) is 14.4. The van der Waals surface area contributed by atoms with Gasteiger partial charge in [0, 0.05) is 12.0 Å². The van der Waals surface area contributed by atoms with Gasteiger partial charge in [0.2, 0.25) is 0 Å². The largest absolute Gasteiger partial charge is 0.490 e. The van der Waals surface area contributed by atoms with Crippen LogP contribution in [-0.4, -0.2) is 19.1 Å². The average Bonchev–Trinajstić information content (AvgIpc) is 2.83. The number of nitrogens with one attached hydrogen (secondary N) is 1. The van der Waals surface area contributed by atoms with Gasteiger partial charge in [-0.05, 0) is 41.8 Å². The van der Waals surface area contributed by atoms with Crippen molar-refractivity contribution in [2.45, 2.75) is 26.3 Å². The van der Waals surface area contributed by atoms with Crippen LogP contribution in [0.1, 0.15) is 42.2 Å². The first-order chi connectivity index (χ1) is 12.0. The third-order valence-corrected chi connectivity index (χ3v) is 4.17. The predicted molar refractivity (Wildman–Crippen MR) is 93.5 cm³/mol. The Morgan fingerprint density at radius 2 is 1.84 bits per heavy atom. The number of carbonyl (C=O) groups excluding carboxylic acids is 1. The van der Waals surface area contributed by atoms with Crippen LogP contribution in [0.5, 0.6) is 11.5 Å². The van der Waals surface area contributed by atoms with Crippen molar-refractivity contribution < 1.29 is 18.7 Å². The fraction of sp³-hybridized carbons (Fsp3) is 0.350. The molecule has 25 heavy (non-hydrogen) atoms. The van der Waals surface area contributed by atoms with Gasteiger partial charge in [-0.1, -0.05) is 26.0 Å². The van der Waals surface area contributed by atoms with Gasteiger partial charge in [0.15, 0.2) is 11.5 Å². The Balaban J connectivity index is 1.84. The van der Waals surface area contributed by atoms with Crippen LogP contribution in [-0.2, 0) is 0 Å². The number of rotatable bonds is 4. The summed E-state index contributed by atoms with van der Waals surface area (Å²) in [5.74, 6) is 0.845. The van der Waals surface area contributed by atoms with E-state index in [0.29, 0.717) is 24.5 Å². The van der Waals surface area contributed by atoms with Gasteiger partial charge in [-0.2, -0.15) is 0 Å². The van der Waals surface area contributed by atoms with E-state index < -0.39 is 5.82 Å². The molecule has 0 spiro atoms. The molecule has 1 aliphatic rings. The van der Waals surface area contributed by atoms with Crippen molar-refractivity contribution in [2.75, 3.05) is 13.2 Å². The van der Waals surface area contributed by atoms with E-state index in [1.165, 1.54) is 18.2 Å². The summed E-state index contributed by atoms with van der Waals surface area (Å²) < 4.78 is 24.8. The summed E-state index contributed by atoms with van der Waals surface area (Å²) in [7, 11) is 0. The molecule has 1 atom stereocenters. The minimum atomic E-state index is -0.427. The molecule has 0 bridgehead atoms. The van der Waals surface area contributed by atoms with Crippen molar-refractivity contribution in [1.29, 1.82) is 0 Å². The summed E-state index contributed by atoms with van der Waals surface area (Å²) in [6.45, 7) is 5.30. The monoisotopic (exact) mass is 343 g/mol. The minimum absolute atomic E-state index is 0.155. The zero-order valence-electron chi connectivity index (χ0n) is 14.4. The number of ether oxygens (including phenoxy) is 2. The van der Waals surface area contributed by atoms with Gasteiger partial charge in [-0.25, -0.2) is 4.39 Å². The lowest BCUT2D eigenvalue weighted by molar-refractivity contribution is 0.0925. The van der Waals surface area contributed by atoms with E-state index in [4.69, 9.17) is 9.47 Å². The number of amides is 1. The highest BCUT2D eigenvalue weighted by atomic mass is 19.1. The molecule has 3 rings (SSSR count). The third-order valence-electron chi connectivity index (χ3n) is 4.17. The Bertz CT molecular complexity index is 760. The molecule has 4 nitrogen and oxygen atoms in total. The molecule has 0 radical (unpaired) electrons. The van der Waals surface area contributed by atoms with E-state index >= 15 is 0 Å². The normalized spacial score (nSPS) is 14.7. The molecule has 132 valence electrons. The minimum Gasteiger partial charge on any atom is -0.490 e. The van der Waals surface area contributed by atoms with Crippen molar-refractivity contribution in [2.24, 2.45) is 5.92 Å². The van der Waals surface area contributed by atoms with Gasteiger partial charge in [0.1, 0.15) is 5.82 Å². The quantitative estimate of drug-likeness (QED) is 0.909. The SMILES string of the molecule is CC(C)[C@@H](NC(=O)c1cccc(F)c1)c1ccc2c(c1)OCCCO2. The van der Waals surface area contributed by atoms with Gasteiger partial charge in [0.05, 0.1) is 19.3 Å². The number of fused-ring (bicyclic) bond motifs is 1. The van der Waals surface area contributed by atoms with Crippen LogP contribution in [0.3, 0.4) is 0 Å². The molecule has 0 saturated carbocycles. The maximum Gasteiger partial charge on any atom is 0.251 e. The van der Waals surface area contributed by atoms with Gasteiger partial charge < -0.3 is 14.8 Å². The third kappa shape index (κ3) is 4.10. The zero-order chi connectivity index (χ0) is 17.8. The first-order valence-electron chi connectivity index (χ1n) is 8.50. The van der Waals surface area contributed by atoms with Crippen LogP contribution in [0.4, 0.5) is 4.39 Å². The van der Waals surface area contributed by atoms with E-state index in [-0.39, 0.29) is 17.9 Å². The molecule has 2 aromatic carbocycles. The lowest BCUT2D eigenvalue weighted by Crippen LogP contribution is -2.31. The average molecular weight is 343 g/mol. The van der Waals surface area contributed by atoms with Crippen molar-refractivity contribution in [3.63, 3.8) is 0 Å². The van der Waals surface area contributed by atoms with Gasteiger partial charge in [-0.15, -0.1) is 0 Å². The molecule has 5 heteroatoms. The van der Waals surface area contributed by atoms with Crippen LogP contribution in [0.15, 0.2) is 42.5 Å². The molecule has 1 heterocycles. The van der Waals surface area contributed by atoms with Crippen LogP contribution < -0.4 is 14.8 Å². The lowest BCUT2D eigenvalue weighted by atomic mass is 9.95. The molecule has 0 aliphatic carbocycles. The second-order valence-corrected chi connectivity index (χ2v) is 6.46. The second kappa shape index (κ2) is 7.55. The highest BCUT2D eigenvalue weighted by Gasteiger charge is 2.21. The first-order valence-corrected chi connectivity index (χ1v) is 8.50. The molecular formula is C20H22FNO3. The van der Waals surface area contributed by atoms with Gasteiger partial charge in [-0.3, -0.25) is 4.79 Å². The predicted octanol–water partition coefficient (Wildman–Crippen LogP) is 4.11. The highest BCUT2D eigenvalue weighted by Crippen LogP contribution is 2.34. The number of hydrogen-bond donors (Lipinski definition) is 1. The molecule has 0 fully saturated rings. The van der Waals surface area contributed by atoms with E-state index in [9.17, 15) is 9.18 Å². The van der Waals surface area contributed by atoms with E-state index in [2.05, 4.69) is 5.32 Å². The second-order valence-electron chi connectivity index (χ2n) is 6.46. The number of benzene rings is 2. The summed E-state index contributed by atoms with van der Waals surface area (Å²) in [6, 6.07) is 11.2. The lowest BCUT2D eigenvalue weighted by Gasteiger charge is -2.24. The highest BCUT2D eigenvalue weighted by molar-refractivity contribution is 5.94. The fourth-order valence-electron chi connectivity index (χ4n) is 2.86. The standard InChI is InChI=1S/C20H22FNO3/c1-13(2)19(22-20(23)15-5-3-6-16(21)11-15)14-7-8-17-18(12-14)25-10-4-9-24-17/h3,5-8,11-13,19H,4,9-10H2,1-2H3,(H,22,23)/t19-/m1/s1. The Morgan fingerprint density at radius 1 is 1.08 bits per heavy atom. The van der Waals surface area contributed by atoms with Crippen LogP contribution in [0.2, 0.25) is 0 Å². The van der Waals surface area contributed by atoms with Crippen molar-refractivity contribution >= 4 is 5.91 Å². The molecule has 2 aromatic rings. The van der Waals surface area contributed by atoms with Gasteiger partial charge >= 0.3 is 0 Å². The Labute approximate surface area is 147 Å². The smallest absolute Gasteiger partial charge is 0.251 e. The maximum absolute atomic E-state index is 13.4. The Morgan fingerprint density at radius 3 is 2.56 bits per heavy atom. The summed E-state index contributed by atoms with van der Waals surface area (Å²) in [5, 5.41) is 3.00. The molecular weight excluding hydrogens is 321 g/mol. The molecule has 0 unspecified atom stereocenters. The molecule has 1 N–H and O–H groups in total. The molecule has 1 aliphatic heterocycles. The number of carbonyl (C=O) groups is 1. The van der Waals surface area contributed by atoms with Crippen LogP contribution in [0, 0.1) is 11.7 Å². The first kappa shape index (κ1) is 17.3. The number of hydrogen-bond acceptors (Lipinski definition) is 3. The molecule has 0 saturated heterocycles. The summed E-state index contributed by atoms with van der Waals surface area (Å²) in [5.41, 5.74) is 1.24. The number of halogens is 1. The summed E-state index contributed by atoms with van der Waals surface area (Å²) >= 11 is 0. The molecule has 1 amide bonds. The van der Waals surface area contributed by atoms with Crippen molar-refractivity contribution in [1.82, 2.24) is 5.32 Å². The van der Waals surface area contributed by atoms with Gasteiger partial charge in [0.25, 0.3) is 5.91 Å². The Kier molecular flexibility index (Phi) is 5.22. The van der Waals surface area contributed by atoms with E-state index in [1.807, 2.05) is 32.0 Å². The maximum atomic E-state index is 13.4. The van der Waals surface area contributed by atoms with E-state index in [1.54, 1.807) is 6.07 Å². The topological polar surface area (TPSA) is 47.6 Å². The summed E-state index contributed by atoms with van der Waals surface area (Å²) in [6.07, 6.45) is 0.841. The van der Waals surface area contributed by atoms with Crippen molar-refractivity contribution in [3.05, 3.63) is 59.4 Å². The summed E-state index contributed by atoms with van der Waals surface area (Å²) in [4.78, 5) is 12.5. The van der Waals surface area contributed by atoms with E-state index in [0.717, 1.165) is 17.7 Å².